The van der Waals surface area contributed by atoms with E-state index in [9.17, 15) is 0 Å². The second-order valence-electron chi connectivity index (χ2n) is 3.84. The lowest BCUT2D eigenvalue weighted by atomic mass is 10.1. The summed E-state index contributed by atoms with van der Waals surface area (Å²) in [4.78, 5) is 4.14. The fraction of sp³-hybridized carbons (Fsp3) is 0.750. The third kappa shape index (κ3) is 1.64. The Kier molecular flexibility index (Phi) is 2.19. The van der Waals surface area contributed by atoms with Gasteiger partial charge in [0.15, 0.2) is 0 Å². The van der Waals surface area contributed by atoms with Gasteiger partial charge in [-0.3, -0.25) is 0 Å². The third-order valence-electron chi connectivity index (χ3n) is 1.64. The summed E-state index contributed by atoms with van der Waals surface area (Å²) in [6, 6.07) is 0.310. The molecule has 0 fully saturated rings. The highest BCUT2D eigenvalue weighted by atomic mass is 15.4. The summed E-state index contributed by atoms with van der Waals surface area (Å²) >= 11 is 0. The van der Waals surface area contributed by atoms with Crippen LogP contribution in [-0.4, -0.2) is 14.8 Å². The van der Waals surface area contributed by atoms with Gasteiger partial charge in [0.25, 0.3) is 0 Å². The topological polar surface area (TPSA) is 56.7 Å². The predicted octanol–water partition coefficient (Wildman–Crippen LogP) is 1.05. The number of hydrogen-bond donors (Lipinski definition) is 1. The summed E-state index contributed by atoms with van der Waals surface area (Å²) in [6.07, 6.45) is 1.55. The van der Waals surface area contributed by atoms with Crippen LogP contribution in [-0.2, 0) is 5.54 Å². The number of aromatic nitrogens is 3. The lowest BCUT2D eigenvalue weighted by Gasteiger charge is -2.20. The maximum atomic E-state index is 5.92. The van der Waals surface area contributed by atoms with Crippen LogP contribution in [0, 0.1) is 0 Å². The summed E-state index contributed by atoms with van der Waals surface area (Å²) in [7, 11) is 0. The van der Waals surface area contributed by atoms with Gasteiger partial charge in [0.05, 0.1) is 5.54 Å². The summed E-state index contributed by atoms with van der Waals surface area (Å²) in [5.74, 6) is 0.831. The first-order chi connectivity index (χ1) is 5.43. The fourth-order valence-electron chi connectivity index (χ4n) is 1.09. The average molecular weight is 168 g/mol. The Morgan fingerprint density at radius 3 is 2.42 bits per heavy atom. The highest BCUT2D eigenvalue weighted by molar-refractivity contribution is 5.00. The summed E-state index contributed by atoms with van der Waals surface area (Å²) < 4.78 is 1.85. The normalized spacial score (nSPS) is 12.5. The molecule has 1 heterocycles. The number of nitrogens with zero attached hydrogens (tertiary/aromatic N) is 3. The number of hydrogen-bond acceptors (Lipinski definition) is 3. The Labute approximate surface area is 72.8 Å². The van der Waals surface area contributed by atoms with Gasteiger partial charge in [-0.1, -0.05) is 0 Å². The molecule has 4 nitrogen and oxygen atoms in total. The van der Waals surface area contributed by atoms with Crippen LogP contribution in [0.25, 0.3) is 0 Å². The molecule has 0 aliphatic rings. The third-order valence-corrected chi connectivity index (χ3v) is 1.64. The second kappa shape index (κ2) is 2.86. The minimum absolute atomic E-state index is 0.310. The van der Waals surface area contributed by atoms with Crippen molar-refractivity contribution in [2.24, 2.45) is 5.73 Å². The maximum absolute atomic E-state index is 5.92. The van der Waals surface area contributed by atoms with Crippen molar-refractivity contribution in [3.05, 3.63) is 12.2 Å². The summed E-state index contributed by atoms with van der Waals surface area (Å²) in [5.41, 5.74) is 5.50. The van der Waals surface area contributed by atoms with Crippen LogP contribution in [0.15, 0.2) is 6.33 Å². The molecular weight excluding hydrogens is 152 g/mol. The van der Waals surface area contributed by atoms with Crippen LogP contribution in [0.1, 0.15) is 39.6 Å². The molecule has 68 valence electrons. The predicted molar refractivity (Wildman–Crippen MR) is 47.6 cm³/mol. The van der Waals surface area contributed by atoms with E-state index in [1.807, 2.05) is 18.5 Å². The van der Waals surface area contributed by atoms with Crippen LogP contribution in [0.3, 0.4) is 0 Å². The molecule has 0 aliphatic carbocycles. The molecule has 0 aromatic carbocycles. The Balaban J connectivity index is 3.08. The van der Waals surface area contributed by atoms with Crippen LogP contribution in [0.5, 0.6) is 0 Å². The Bertz CT molecular complexity index is 256. The van der Waals surface area contributed by atoms with Crippen molar-refractivity contribution < 1.29 is 0 Å². The van der Waals surface area contributed by atoms with E-state index in [2.05, 4.69) is 23.9 Å². The smallest absolute Gasteiger partial charge is 0.146 e. The van der Waals surface area contributed by atoms with Gasteiger partial charge in [0, 0.05) is 6.04 Å². The fourth-order valence-corrected chi connectivity index (χ4v) is 1.09. The van der Waals surface area contributed by atoms with E-state index in [4.69, 9.17) is 5.73 Å². The van der Waals surface area contributed by atoms with Crippen molar-refractivity contribution >= 4 is 0 Å². The molecular formula is C8H16N4. The zero-order valence-corrected chi connectivity index (χ0v) is 8.07. The van der Waals surface area contributed by atoms with Crippen molar-refractivity contribution in [3.63, 3.8) is 0 Å². The van der Waals surface area contributed by atoms with E-state index in [1.54, 1.807) is 6.33 Å². The molecule has 0 saturated heterocycles. The summed E-state index contributed by atoms with van der Waals surface area (Å²) in [6.45, 7) is 7.97. The van der Waals surface area contributed by atoms with E-state index in [0.717, 1.165) is 5.82 Å². The molecule has 0 saturated carbocycles. The van der Waals surface area contributed by atoms with Gasteiger partial charge in [-0.15, -0.1) is 0 Å². The van der Waals surface area contributed by atoms with Crippen LogP contribution in [0.2, 0.25) is 0 Å². The van der Waals surface area contributed by atoms with Gasteiger partial charge in [-0.25, -0.2) is 9.67 Å². The van der Waals surface area contributed by atoms with Gasteiger partial charge in [0.1, 0.15) is 12.2 Å². The van der Waals surface area contributed by atoms with E-state index in [1.165, 1.54) is 0 Å². The zero-order chi connectivity index (χ0) is 9.35. The van der Waals surface area contributed by atoms with Crippen LogP contribution in [0.4, 0.5) is 0 Å². The van der Waals surface area contributed by atoms with Gasteiger partial charge >= 0.3 is 0 Å². The van der Waals surface area contributed by atoms with E-state index in [-0.39, 0.29) is 0 Å². The molecule has 4 heteroatoms. The SMILES string of the molecule is CC(C)n1ncnc1C(C)(C)N. The molecule has 0 radical (unpaired) electrons. The Morgan fingerprint density at radius 1 is 1.50 bits per heavy atom. The van der Waals surface area contributed by atoms with Crippen molar-refractivity contribution in [1.82, 2.24) is 14.8 Å². The van der Waals surface area contributed by atoms with E-state index < -0.39 is 5.54 Å². The van der Waals surface area contributed by atoms with Crippen molar-refractivity contribution in [3.8, 4) is 0 Å². The van der Waals surface area contributed by atoms with Gasteiger partial charge in [-0.2, -0.15) is 5.10 Å². The van der Waals surface area contributed by atoms with Crippen molar-refractivity contribution in [1.29, 1.82) is 0 Å². The number of rotatable bonds is 2. The minimum Gasteiger partial charge on any atom is -0.319 e. The monoisotopic (exact) mass is 168 g/mol. The van der Waals surface area contributed by atoms with Crippen molar-refractivity contribution in [2.75, 3.05) is 0 Å². The average Bonchev–Trinajstić information content (AvgIpc) is 2.30. The van der Waals surface area contributed by atoms with Crippen molar-refractivity contribution in [2.45, 2.75) is 39.3 Å². The molecule has 0 spiro atoms. The zero-order valence-electron chi connectivity index (χ0n) is 8.07. The molecule has 0 bridgehead atoms. The first-order valence-electron chi connectivity index (χ1n) is 4.12. The van der Waals surface area contributed by atoms with Gasteiger partial charge in [0.2, 0.25) is 0 Å². The molecule has 2 N–H and O–H groups in total. The highest BCUT2D eigenvalue weighted by Gasteiger charge is 2.21. The Hall–Kier alpha value is -0.900. The molecule has 0 amide bonds. The van der Waals surface area contributed by atoms with Crippen LogP contribution < -0.4 is 5.73 Å². The molecule has 0 atom stereocenters. The molecule has 0 aliphatic heterocycles. The minimum atomic E-state index is -0.416. The number of nitrogens with two attached hydrogens (primary N) is 1. The molecule has 0 unspecified atom stereocenters. The largest absolute Gasteiger partial charge is 0.319 e. The quantitative estimate of drug-likeness (QED) is 0.718. The molecule has 1 aromatic rings. The first kappa shape index (κ1) is 9.19. The van der Waals surface area contributed by atoms with Crippen LogP contribution >= 0.6 is 0 Å². The standard InChI is InChI=1S/C8H16N4/c1-6(2)12-7(8(3,4)9)10-5-11-12/h5-6H,9H2,1-4H3. The summed E-state index contributed by atoms with van der Waals surface area (Å²) in [5, 5.41) is 4.11. The maximum Gasteiger partial charge on any atom is 0.146 e. The lowest BCUT2D eigenvalue weighted by Crippen LogP contribution is -2.33. The second-order valence-corrected chi connectivity index (χ2v) is 3.84. The van der Waals surface area contributed by atoms with E-state index >= 15 is 0 Å². The highest BCUT2D eigenvalue weighted by Crippen LogP contribution is 2.16. The molecule has 1 rings (SSSR count). The van der Waals surface area contributed by atoms with Gasteiger partial charge in [-0.05, 0) is 27.7 Å². The lowest BCUT2D eigenvalue weighted by molar-refractivity contribution is 0.423. The van der Waals surface area contributed by atoms with E-state index in [0.29, 0.717) is 6.04 Å². The molecule has 12 heavy (non-hydrogen) atoms. The molecule has 1 aromatic heterocycles. The first-order valence-corrected chi connectivity index (χ1v) is 4.12. The Morgan fingerprint density at radius 2 is 2.08 bits per heavy atom. The van der Waals surface area contributed by atoms with Gasteiger partial charge < -0.3 is 5.73 Å².